The molecule has 0 spiro atoms. The van der Waals surface area contributed by atoms with Gasteiger partial charge in [-0.25, -0.2) is 0 Å². The van der Waals surface area contributed by atoms with Crippen molar-refractivity contribution in [2.75, 3.05) is 34.0 Å². The lowest BCUT2D eigenvalue weighted by Gasteiger charge is -2.43. The number of benzene rings is 2. The van der Waals surface area contributed by atoms with Crippen molar-refractivity contribution in [1.82, 2.24) is 4.90 Å². The lowest BCUT2D eigenvalue weighted by atomic mass is 9.72. The first-order valence-corrected chi connectivity index (χ1v) is 16.8. The summed E-state index contributed by atoms with van der Waals surface area (Å²) in [5.74, 6) is -3.20. The van der Waals surface area contributed by atoms with Crippen molar-refractivity contribution < 1.29 is 62.9 Å². The van der Waals surface area contributed by atoms with Crippen LogP contribution >= 0.6 is 0 Å². The van der Waals surface area contributed by atoms with Crippen LogP contribution in [0.3, 0.4) is 0 Å². The van der Waals surface area contributed by atoms with E-state index < -0.39 is 95.2 Å². The van der Waals surface area contributed by atoms with Crippen LogP contribution in [0.25, 0.3) is 0 Å². The van der Waals surface area contributed by atoms with Crippen molar-refractivity contribution in [2.45, 2.75) is 101 Å². The number of ether oxygens (including phenoxy) is 7. The van der Waals surface area contributed by atoms with Crippen LogP contribution in [-0.4, -0.2) is 120 Å². The first-order chi connectivity index (χ1) is 23.7. The molecule has 5 aliphatic rings. The summed E-state index contributed by atoms with van der Waals surface area (Å²) in [7, 11) is 2.91. The standard InChI is InChI=1S/C36H43NO13/c1-16-32-19(37-10-11-46-34(45-6)33(37)50-32)12-23(48-16)49-21-14-36(43,22(38)15-47-35(2,3)4)13-18-25(21)31(42)27-26(29(18)40)28(39)17-8-7-9-20(44-5)24(17)30(27)41/h7-9,16,19,21,23,32-34,40,42-43H,10-15H2,1-6H3/t16-,19?,21-,23-,32+,33+,34-,36-/m0/s1. The highest BCUT2D eigenvalue weighted by atomic mass is 16.7. The van der Waals surface area contributed by atoms with Gasteiger partial charge in [-0.15, -0.1) is 0 Å². The van der Waals surface area contributed by atoms with Crippen molar-refractivity contribution in [2.24, 2.45) is 0 Å². The number of phenols is 2. The summed E-state index contributed by atoms with van der Waals surface area (Å²) in [6.07, 6.45) is -4.52. The van der Waals surface area contributed by atoms with Crippen molar-refractivity contribution >= 4 is 17.3 Å². The molecule has 14 heteroatoms. The number of ketones is 3. The highest BCUT2D eigenvalue weighted by molar-refractivity contribution is 6.31. The summed E-state index contributed by atoms with van der Waals surface area (Å²) in [5.41, 5.74) is -3.82. The average Bonchev–Trinajstić information content (AvgIpc) is 3.46. The molecule has 3 N–H and O–H groups in total. The van der Waals surface area contributed by atoms with Gasteiger partial charge in [0.05, 0.1) is 48.2 Å². The summed E-state index contributed by atoms with van der Waals surface area (Å²) >= 11 is 0. The minimum atomic E-state index is -2.13. The molecule has 0 amide bonds. The number of carbonyl (C=O) groups is 3. The molecule has 0 radical (unpaired) electrons. The fourth-order valence-electron chi connectivity index (χ4n) is 7.96. The summed E-state index contributed by atoms with van der Waals surface area (Å²) in [5, 5.41) is 35.7. The Morgan fingerprint density at radius 2 is 1.80 bits per heavy atom. The topological polar surface area (TPSA) is 180 Å². The monoisotopic (exact) mass is 697 g/mol. The van der Waals surface area contributed by atoms with Gasteiger partial charge in [-0.3, -0.25) is 19.3 Å². The number of aromatic hydroxyl groups is 2. The molecule has 270 valence electrons. The summed E-state index contributed by atoms with van der Waals surface area (Å²) in [6, 6.07) is 4.34. The van der Waals surface area contributed by atoms with Crippen molar-refractivity contribution in [3.05, 3.63) is 51.6 Å². The molecule has 8 atom stereocenters. The average molecular weight is 698 g/mol. The molecule has 1 unspecified atom stereocenters. The van der Waals surface area contributed by atoms with E-state index in [1.807, 2.05) is 6.92 Å². The number of nitrogens with zero attached hydrogens (tertiary/aromatic N) is 1. The second kappa shape index (κ2) is 12.6. The minimum absolute atomic E-state index is 0.0138. The lowest BCUT2D eigenvalue weighted by molar-refractivity contribution is -0.256. The molecule has 14 nitrogen and oxygen atoms in total. The van der Waals surface area contributed by atoms with Crippen molar-refractivity contribution in [1.29, 1.82) is 0 Å². The third kappa shape index (κ3) is 5.62. The molecule has 3 saturated heterocycles. The van der Waals surface area contributed by atoms with E-state index in [1.54, 1.807) is 33.9 Å². The van der Waals surface area contributed by atoms with Gasteiger partial charge in [0.25, 0.3) is 0 Å². The molecule has 3 heterocycles. The molecular formula is C36H43NO13. The number of aliphatic hydroxyl groups is 1. The van der Waals surface area contributed by atoms with Crippen LogP contribution in [0.5, 0.6) is 17.2 Å². The van der Waals surface area contributed by atoms with Gasteiger partial charge in [-0.1, -0.05) is 12.1 Å². The number of hydrogen-bond acceptors (Lipinski definition) is 14. The quantitative estimate of drug-likeness (QED) is 0.307. The fourth-order valence-corrected chi connectivity index (χ4v) is 7.96. The van der Waals surface area contributed by atoms with E-state index in [2.05, 4.69) is 4.90 Å². The van der Waals surface area contributed by atoms with Gasteiger partial charge < -0.3 is 48.5 Å². The summed E-state index contributed by atoms with van der Waals surface area (Å²) < 4.78 is 41.5. The van der Waals surface area contributed by atoms with E-state index in [9.17, 15) is 29.7 Å². The van der Waals surface area contributed by atoms with Crippen molar-refractivity contribution in [3.63, 3.8) is 0 Å². The number of morpholine rings is 1. The van der Waals surface area contributed by atoms with Crippen LogP contribution in [-0.2, 0) is 39.6 Å². The maximum absolute atomic E-state index is 14.0. The van der Waals surface area contributed by atoms with Gasteiger partial charge >= 0.3 is 0 Å². The van der Waals surface area contributed by atoms with Crippen molar-refractivity contribution in [3.8, 4) is 17.2 Å². The largest absolute Gasteiger partial charge is 0.507 e. The van der Waals surface area contributed by atoms with E-state index in [0.717, 1.165) is 0 Å². The number of rotatable bonds is 7. The SMILES string of the molecule is COc1cccc2c1C(=O)c1c(O)c3c(c(O)c1C2=O)C[C@@](O)(C(=O)COC(C)(C)C)C[C@@H]3O[C@H]1CC2[C@H](O[C@@H]3[C@@H](OC)OCCN23)[C@H](C)O1. The highest BCUT2D eigenvalue weighted by Crippen LogP contribution is 2.53. The Bertz CT molecular complexity index is 1740. The van der Waals surface area contributed by atoms with E-state index in [1.165, 1.54) is 19.2 Å². The summed E-state index contributed by atoms with van der Waals surface area (Å²) in [4.78, 5) is 43.7. The first kappa shape index (κ1) is 35.0. The number of Topliss-reactive ketones (excluding diaryl/α,β-unsaturated/α-hetero) is 1. The second-order valence-electron chi connectivity index (χ2n) is 14.5. The van der Waals surface area contributed by atoms with Crippen LogP contribution in [0.1, 0.15) is 89.6 Å². The maximum Gasteiger partial charge on any atom is 0.202 e. The Morgan fingerprint density at radius 3 is 2.50 bits per heavy atom. The van der Waals surface area contributed by atoms with Gasteiger partial charge in [0.15, 0.2) is 30.4 Å². The number of hydrogen-bond donors (Lipinski definition) is 3. The number of carbonyl (C=O) groups excluding carboxylic acids is 3. The van der Waals surface area contributed by atoms with Crippen LogP contribution in [0, 0.1) is 0 Å². The normalized spacial score (nSPS) is 32.1. The zero-order chi connectivity index (χ0) is 35.9. The molecule has 3 fully saturated rings. The van der Waals surface area contributed by atoms with Gasteiger partial charge in [0, 0.05) is 55.6 Å². The fraction of sp³-hybridized carbons (Fsp3) is 0.583. The Hall–Kier alpha value is -3.47. The van der Waals surface area contributed by atoms with Crippen LogP contribution < -0.4 is 4.74 Å². The Labute approximate surface area is 289 Å². The molecule has 2 aromatic rings. The molecule has 2 aliphatic carbocycles. The molecular weight excluding hydrogens is 654 g/mol. The zero-order valence-electron chi connectivity index (χ0n) is 28.9. The molecule has 3 aliphatic heterocycles. The predicted molar refractivity (Wildman–Crippen MR) is 172 cm³/mol. The number of fused-ring (bicyclic) bond motifs is 6. The smallest absolute Gasteiger partial charge is 0.202 e. The van der Waals surface area contributed by atoms with Crippen LogP contribution in [0.4, 0.5) is 0 Å². The van der Waals surface area contributed by atoms with Gasteiger partial charge in [-0.05, 0) is 33.8 Å². The van der Waals surface area contributed by atoms with E-state index in [4.69, 9.17) is 33.2 Å². The van der Waals surface area contributed by atoms with Crippen LogP contribution in [0.2, 0.25) is 0 Å². The molecule has 0 bridgehead atoms. The lowest BCUT2D eigenvalue weighted by Crippen LogP contribution is -2.55. The minimum Gasteiger partial charge on any atom is -0.507 e. The molecule has 7 rings (SSSR count). The van der Waals surface area contributed by atoms with Gasteiger partial charge in [-0.2, -0.15) is 0 Å². The predicted octanol–water partition coefficient (Wildman–Crippen LogP) is 2.53. The summed E-state index contributed by atoms with van der Waals surface area (Å²) in [6.45, 7) is 7.74. The van der Waals surface area contributed by atoms with E-state index >= 15 is 0 Å². The van der Waals surface area contributed by atoms with Crippen LogP contribution in [0.15, 0.2) is 18.2 Å². The third-order valence-electron chi connectivity index (χ3n) is 10.3. The Balaban J connectivity index is 1.29. The molecule has 0 saturated carbocycles. The first-order valence-electron chi connectivity index (χ1n) is 16.8. The Morgan fingerprint density at radius 1 is 1.06 bits per heavy atom. The number of phenolic OH excluding ortho intramolecular Hbond substituents is 2. The highest BCUT2D eigenvalue weighted by Gasteiger charge is 2.55. The maximum atomic E-state index is 14.0. The molecule has 50 heavy (non-hydrogen) atoms. The zero-order valence-corrected chi connectivity index (χ0v) is 28.9. The Kier molecular flexibility index (Phi) is 8.83. The molecule has 2 aromatic carbocycles. The molecule has 0 aromatic heterocycles. The van der Waals surface area contributed by atoms with Gasteiger partial charge in [0.1, 0.15) is 35.6 Å². The van der Waals surface area contributed by atoms with E-state index in [-0.39, 0.29) is 46.6 Å². The van der Waals surface area contributed by atoms with Gasteiger partial charge in [0.2, 0.25) is 5.78 Å². The van der Waals surface area contributed by atoms with E-state index in [0.29, 0.717) is 19.6 Å². The second-order valence-corrected chi connectivity index (χ2v) is 14.5. The third-order valence-corrected chi connectivity index (χ3v) is 10.3. The number of methoxy groups -OCH3 is 2.